The number of rotatable bonds is 4. The van der Waals surface area contributed by atoms with E-state index < -0.39 is 0 Å². The van der Waals surface area contributed by atoms with Crippen molar-refractivity contribution < 1.29 is 9.63 Å². The lowest BCUT2D eigenvalue weighted by Crippen LogP contribution is -2.29. The van der Waals surface area contributed by atoms with Gasteiger partial charge in [0, 0.05) is 12.6 Å². The van der Waals surface area contributed by atoms with Crippen LogP contribution in [0.3, 0.4) is 0 Å². The molecule has 1 N–H and O–H groups in total. The van der Waals surface area contributed by atoms with Gasteiger partial charge >= 0.3 is 0 Å². The summed E-state index contributed by atoms with van der Waals surface area (Å²) in [5, 5.41) is 8.08. The summed E-state index contributed by atoms with van der Waals surface area (Å²) in [6.45, 7) is 2.07. The summed E-state index contributed by atoms with van der Waals surface area (Å²) in [5.41, 5.74) is 2.02. The van der Waals surface area contributed by atoms with E-state index in [0.717, 1.165) is 16.2 Å². The van der Waals surface area contributed by atoms with E-state index in [2.05, 4.69) is 10.2 Å². The Balaban J connectivity index is 2.38. The van der Waals surface area contributed by atoms with Crippen molar-refractivity contribution in [1.29, 1.82) is 0 Å². The number of nitrogens with zero attached hydrogens (tertiary/aromatic N) is 3. The quantitative estimate of drug-likeness (QED) is 0.691. The molecule has 0 bridgehead atoms. The third-order valence-electron chi connectivity index (χ3n) is 2.95. The minimum Gasteiger partial charge on any atom is -0.291 e. The number of likely N-dealkylation sites (N-methyl/N-ethyl adjacent to an activating group) is 1. The number of hydroxylamine groups is 2. The summed E-state index contributed by atoms with van der Waals surface area (Å²) >= 11 is 5.18. The van der Waals surface area contributed by atoms with Gasteiger partial charge in [0.1, 0.15) is 6.54 Å². The molecule has 0 saturated heterocycles. The topological polar surface area (TPSA) is 63.1 Å². The Morgan fingerprint density at radius 2 is 2.30 bits per heavy atom. The number of amides is 1. The highest BCUT2D eigenvalue weighted by molar-refractivity contribution is 7.71. The van der Waals surface area contributed by atoms with E-state index in [1.807, 2.05) is 31.2 Å². The predicted molar refractivity (Wildman–Crippen MR) is 77.4 cm³/mol. The molecule has 2 rings (SSSR count). The van der Waals surface area contributed by atoms with Gasteiger partial charge in [-0.05, 0) is 25.2 Å². The summed E-state index contributed by atoms with van der Waals surface area (Å²) in [4.78, 5) is 16.8. The smallest absolute Gasteiger partial charge is 0.265 e. The lowest BCUT2D eigenvalue weighted by atomic mass is 10.1. The van der Waals surface area contributed by atoms with Crippen LogP contribution in [0, 0.1) is 11.7 Å². The first-order valence-corrected chi connectivity index (χ1v) is 6.46. The third-order valence-corrected chi connectivity index (χ3v) is 3.26. The van der Waals surface area contributed by atoms with Crippen LogP contribution in [0.4, 0.5) is 0 Å². The van der Waals surface area contributed by atoms with Crippen LogP contribution in [0.25, 0.3) is 11.4 Å². The normalized spacial score (nSPS) is 10.6. The zero-order chi connectivity index (χ0) is 14.7. The standard InChI is InChI=1S/C13H16N4O2S/c1-9-5-4-6-10(7-9)12-14-15-13(20)17(12)8-11(18)16(2)19-3/h4-7H,8H2,1-3H3,(H,15,20). The Hall–Kier alpha value is -1.99. The zero-order valence-electron chi connectivity index (χ0n) is 11.6. The Morgan fingerprint density at radius 1 is 1.55 bits per heavy atom. The van der Waals surface area contributed by atoms with Gasteiger partial charge < -0.3 is 0 Å². The van der Waals surface area contributed by atoms with Gasteiger partial charge in [0.25, 0.3) is 5.91 Å². The maximum Gasteiger partial charge on any atom is 0.265 e. The highest BCUT2D eigenvalue weighted by Crippen LogP contribution is 2.18. The molecule has 0 aliphatic carbocycles. The molecule has 0 aliphatic rings. The van der Waals surface area contributed by atoms with Crippen molar-refractivity contribution in [3.05, 3.63) is 34.6 Å². The fraction of sp³-hybridized carbons (Fsp3) is 0.308. The van der Waals surface area contributed by atoms with Crippen molar-refractivity contribution in [3.63, 3.8) is 0 Å². The molecular formula is C13H16N4O2S. The number of H-pyrrole nitrogens is 1. The van der Waals surface area contributed by atoms with Crippen LogP contribution >= 0.6 is 12.2 Å². The number of hydrogen-bond donors (Lipinski definition) is 1. The minimum absolute atomic E-state index is 0.0724. The monoisotopic (exact) mass is 292 g/mol. The maximum absolute atomic E-state index is 11.9. The van der Waals surface area contributed by atoms with Gasteiger partial charge in [0.15, 0.2) is 10.6 Å². The second-order valence-electron chi connectivity index (χ2n) is 4.38. The molecule has 0 unspecified atom stereocenters. The molecule has 20 heavy (non-hydrogen) atoms. The van der Waals surface area contributed by atoms with Gasteiger partial charge in [-0.3, -0.25) is 19.3 Å². The van der Waals surface area contributed by atoms with Gasteiger partial charge in [0.05, 0.1) is 7.11 Å². The molecule has 0 spiro atoms. The number of benzene rings is 1. The molecule has 7 heteroatoms. The molecule has 106 valence electrons. The minimum atomic E-state index is -0.209. The fourth-order valence-electron chi connectivity index (χ4n) is 1.81. The molecule has 0 aliphatic heterocycles. The zero-order valence-corrected chi connectivity index (χ0v) is 12.4. The molecule has 0 saturated carbocycles. The first kappa shape index (κ1) is 14.4. The van der Waals surface area contributed by atoms with E-state index in [1.165, 1.54) is 7.11 Å². The van der Waals surface area contributed by atoms with Crippen molar-refractivity contribution in [2.45, 2.75) is 13.5 Å². The summed E-state index contributed by atoms with van der Waals surface area (Å²) in [6.07, 6.45) is 0. The summed E-state index contributed by atoms with van der Waals surface area (Å²) in [5.74, 6) is 0.426. The SMILES string of the molecule is CON(C)C(=O)Cn1c(-c2cccc(C)c2)n[nH]c1=S. The number of nitrogens with one attached hydrogen (secondary N) is 1. The highest BCUT2D eigenvalue weighted by atomic mass is 32.1. The number of aromatic amines is 1. The number of hydrogen-bond acceptors (Lipinski definition) is 4. The van der Waals surface area contributed by atoms with Gasteiger partial charge in [0.2, 0.25) is 0 Å². The molecule has 6 nitrogen and oxygen atoms in total. The lowest BCUT2D eigenvalue weighted by Gasteiger charge is -2.14. The van der Waals surface area contributed by atoms with Crippen LogP contribution in [0.15, 0.2) is 24.3 Å². The average molecular weight is 292 g/mol. The van der Waals surface area contributed by atoms with Crippen molar-refractivity contribution in [3.8, 4) is 11.4 Å². The largest absolute Gasteiger partial charge is 0.291 e. The van der Waals surface area contributed by atoms with E-state index in [0.29, 0.717) is 10.6 Å². The molecular weight excluding hydrogens is 276 g/mol. The molecule has 2 aromatic rings. The number of aromatic nitrogens is 3. The highest BCUT2D eigenvalue weighted by Gasteiger charge is 2.15. The molecule has 1 amide bonds. The number of carbonyl (C=O) groups is 1. The van der Waals surface area contributed by atoms with Gasteiger partial charge in [-0.1, -0.05) is 23.8 Å². The molecule has 1 aromatic heterocycles. The van der Waals surface area contributed by atoms with E-state index in [9.17, 15) is 4.79 Å². The summed E-state index contributed by atoms with van der Waals surface area (Å²) in [7, 11) is 2.99. The summed E-state index contributed by atoms with van der Waals surface area (Å²) in [6, 6.07) is 7.86. The second-order valence-corrected chi connectivity index (χ2v) is 4.77. The van der Waals surface area contributed by atoms with Gasteiger partial charge in [-0.2, -0.15) is 5.10 Å². The van der Waals surface area contributed by atoms with Crippen LogP contribution in [-0.2, 0) is 16.2 Å². The fourth-order valence-corrected chi connectivity index (χ4v) is 2.00. The van der Waals surface area contributed by atoms with Gasteiger partial charge in [-0.15, -0.1) is 0 Å². The van der Waals surface area contributed by atoms with Crippen molar-refractivity contribution >= 4 is 18.1 Å². The van der Waals surface area contributed by atoms with Crippen molar-refractivity contribution in [2.24, 2.45) is 0 Å². The number of aryl methyl sites for hydroxylation is 1. The van der Waals surface area contributed by atoms with E-state index in [-0.39, 0.29) is 12.5 Å². The molecule has 0 fully saturated rings. The van der Waals surface area contributed by atoms with Crippen LogP contribution < -0.4 is 0 Å². The Bertz CT molecular complexity index is 677. The Labute approximate surface area is 121 Å². The van der Waals surface area contributed by atoms with Crippen molar-refractivity contribution in [2.75, 3.05) is 14.2 Å². The second kappa shape index (κ2) is 5.98. The first-order valence-electron chi connectivity index (χ1n) is 6.06. The molecule has 1 aromatic carbocycles. The first-order chi connectivity index (χ1) is 9.52. The van der Waals surface area contributed by atoms with Gasteiger partial charge in [-0.25, -0.2) is 5.06 Å². The Kier molecular flexibility index (Phi) is 4.31. The average Bonchev–Trinajstić information content (AvgIpc) is 2.79. The summed E-state index contributed by atoms with van der Waals surface area (Å²) < 4.78 is 2.06. The maximum atomic E-state index is 11.9. The number of carbonyl (C=O) groups excluding carboxylic acids is 1. The van der Waals surface area contributed by atoms with E-state index in [1.54, 1.807) is 11.6 Å². The van der Waals surface area contributed by atoms with Crippen LogP contribution in [0.5, 0.6) is 0 Å². The van der Waals surface area contributed by atoms with Crippen LogP contribution in [0.2, 0.25) is 0 Å². The molecule has 0 atom stereocenters. The van der Waals surface area contributed by atoms with E-state index >= 15 is 0 Å². The van der Waals surface area contributed by atoms with E-state index in [4.69, 9.17) is 17.1 Å². The molecule has 0 radical (unpaired) electrons. The van der Waals surface area contributed by atoms with Crippen molar-refractivity contribution in [1.82, 2.24) is 19.8 Å². The predicted octanol–water partition coefficient (Wildman–Crippen LogP) is 1.94. The Morgan fingerprint density at radius 3 is 2.95 bits per heavy atom. The van der Waals surface area contributed by atoms with Crippen LogP contribution in [-0.4, -0.2) is 39.9 Å². The lowest BCUT2D eigenvalue weighted by molar-refractivity contribution is -0.169. The molecule has 1 heterocycles. The third kappa shape index (κ3) is 2.94. The van der Waals surface area contributed by atoms with Crippen LogP contribution in [0.1, 0.15) is 5.56 Å².